The molecule has 1 fully saturated rings. The van der Waals surface area contributed by atoms with E-state index >= 15 is 0 Å². The fourth-order valence-corrected chi connectivity index (χ4v) is 3.01. The first-order valence-electron chi connectivity index (χ1n) is 8.00. The summed E-state index contributed by atoms with van der Waals surface area (Å²) in [5.41, 5.74) is 5.53. The lowest BCUT2D eigenvalue weighted by Gasteiger charge is -2.23. The van der Waals surface area contributed by atoms with Gasteiger partial charge in [-0.05, 0) is 37.6 Å². The summed E-state index contributed by atoms with van der Waals surface area (Å²) < 4.78 is 38.3. The molecule has 0 spiro atoms. The molecule has 0 bridgehead atoms. The fourth-order valence-electron chi connectivity index (χ4n) is 3.01. The van der Waals surface area contributed by atoms with Gasteiger partial charge in [0.2, 0.25) is 0 Å². The van der Waals surface area contributed by atoms with Gasteiger partial charge in [-0.15, -0.1) is 12.4 Å². The maximum absolute atomic E-state index is 12.8. The van der Waals surface area contributed by atoms with Gasteiger partial charge in [0.15, 0.2) is 5.82 Å². The van der Waals surface area contributed by atoms with Crippen molar-refractivity contribution in [2.45, 2.75) is 24.9 Å². The van der Waals surface area contributed by atoms with Crippen LogP contribution in [0.15, 0.2) is 18.2 Å². The quantitative estimate of drug-likeness (QED) is 0.715. The van der Waals surface area contributed by atoms with Crippen LogP contribution < -0.4 is 11.1 Å². The van der Waals surface area contributed by atoms with Crippen molar-refractivity contribution < 1.29 is 18.3 Å². The number of nitrogens with one attached hydrogen (secondary N) is 1. The van der Waals surface area contributed by atoms with Gasteiger partial charge < -0.3 is 16.2 Å². The zero-order valence-corrected chi connectivity index (χ0v) is 14.9. The Bertz CT molecular complexity index is 876. The Morgan fingerprint density at radius 2 is 2.04 bits per heavy atom. The van der Waals surface area contributed by atoms with Gasteiger partial charge in [0.1, 0.15) is 23.2 Å². The van der Waals surface area contributed by atoms with E-state index in [2.05, 4.69) is 15.3 Å². The van der Waals surface area contributed by atoms with Crippen molar-refractivity contribution in [3.05, 3.63) is 35.0 Å². The topological polar surface area (TPSA) is 108 Å². The molecule has 4 N–H and O–H groups in total. The number of nitrogens with two attached hydrogens (primary N) is 1. The number of hydrogen-bond acceptors (Lipinski definition) is 6. The van der Waals surface area contributed by atoms with Gasteiger partial charge in [0.05, 0.1) is 16.8 Å². The van der Waals surface area contributed by atoms with E-state index in [0.29, 0.717) is 18.3 Å². The number of alkyl halides is 3. The Hall–Kier alpha value is -2.57. The first-order valence-corrected chi connectivity index (χ1v) is 8.00. The maximum atomic E-state index is 12.8. The van der Waals surface area contributed by atoms with E-state index in [-0.39, 0.29) is 41.1 Å². The van der Waals surface area contributed by atoms with Gasteiger partial charge in [-0.3, -0.25) is 0 Å². The summed E-state index contributed by atoms with van der Waals surface area (Å²) in [5, 5.41) is 22.6. The molecule has 27 heavy (non-hydrogen) atoms. The normalized spacial score (nSPS) is 17.0. The molecule has 2 heterocycles. The number of phenolic OH excluding ortho intramolecular Hbond substituents is 1. The zero-order chi connectivity index (χ0) is 18.9. The molecule has 0 amide bonds. The molecule has 1 saturated heterocycles. The molecule has 1 unspecified atom stereocenters. The number of aromatic nitrogens is 2. The van der Waals surface area contributed by atoms with Gasteiger partial charge in [0.25, 0.3) is 0 Å². The number of nitriles is 1. The third-order valence-electron chi connectivity index (χ3n) is 4.33. The second-order valence-electron chi connectivity index (χ2n) is 6.08. The van der Waals surface area contributed by atoms with Crippen molar-refractivity contribution in [2.24, 2.45) is 0 Å². The lowest BCUT2D eigenvalue weighted by atomic mass is 9.93. The number of anilines is 1. The summed E-state index contributed by atoms with van der Waals surface area (Å²) in [6, 6.07) is 4.56. The van der Waals surface area contributed by atoms with Crippen LogP contribution in [-0.4, -0.2) is 28.2 Å². The molecule has 1 aliphatic heterocycles. The summed E-state index contributed by atoms with van der Waals surface area (Å²) in [7, 11) is 0. The molecular formula is C17H17ClF3N5O. The lowest BCUT2D eigenvalue weighted by molar-refractivity contribution is -0.137. The Labute approximate surface area is 159 Å². The van der Waals surface area contributed by atoms with Crippen LogP contribution in [0.2, 0.25) is 0 Å². The number of hydrogen-bond donors (Lipinski definition) is 3. The van der Waals surface area contributed by atoms with Crippen LogP contribution in [-0.2, 0) is 6.18 Å². The van der Waals surface area contributed by atoms with E-state index in [4.69, 9.17) is 5.73 Å². The highest BCUT2D eigenvalue weighted by Gasteiger charge is 2.31. The van der Waals surface area contributed by atoms with Crippen LogP contribution in [0.1, 0.15) is 35.6 Å². The molecule has 2 aromatic rings. The standard InChI is InChI=1S/C17H16F3N5O.ClH/c18-17(19,20)10-3-4-11(13(26)6-10)16-24-14(9-2-1-5-23-8-9)12(7-21)15(22)25-16;/h3-4,6,9,23,26H,1-2,5,8H2,(H2,22,24,25);1H. The number of nitrogen functional groups attached to an aromatic ring is 1. The van der Waals surface area contributed by atoms with Crippen molar-refractivity contribution in [3.63, 3.8) is 0 Å². The highest BCUT2D eigenvalue weighted by atomic mass is 35.5. The van der Waals surface area contributed by atoms with Crippen LogP contribution >= 0.6 is 12.4 Å². The van der Waals surface area contributed by atoms with Gasteiger partial charge in [-0.1, -0.05) is 0 Å². The molecule has 3 rings (SSSR count). The second-order valence-corrected chi connectivity index (χ2v) is 6.08. The monoisotopic (exact) mass is 399 g/mol. The van der Waals surface area contributed by atoms with E-state index < -0.39 is 17.5 Å². The Morgan fingerprint density at radius 3 is 2.59 bits per heavy atom. The molecule has 1 aromatic heterocycles. The van der Waals surface area contributed by atoms with Gasteiger partial charge >= 0.3 is 6.18 Å². The lowest BCUT2D eigenvalue weighted by Crippen LogP contribution is -2.29. The van der Waals surface area contributed by atoms with E-state index in [1.54, 1.807) is 0 Å². The minimum Gasteiger partial charge on any atom is -0.507 e. The van der Waals surface area contributed by atoms with E-state index in [1.165, 1.54) is 0 Å². The smallest absolute Gasteiger partial charge is 0.416 e. The molecule has 1 aliphatic rings. The molecular weight excluding hydrogens is 383 g/mol. The molecule has 1 aromatic carbocycles. The summed E-state index contributed by atoms with van der Waals surface area (Å²) in [5.74, 6) is -0.721. The minimum absolute atomic E-state index is 0. The summed E-state index contributed by atoms with van der Waals surface area (Å²) in [6.45, 7) is 1.48. The first kappa shape index (κ1) is 20.7. The average molecular weight is 400 g/mol. The molecule has 0 aliphatic carbocycles. The minimum atomic E-state index is -4.57. The average Bonchev–Trinajstić information content (AvgIpc) is 2.61. The third-order valence-corrected chi connectivity index (χ3v) is 4.33. The van der Waals surface area contributed by atoms with Crippen molar-refractivity contribution in [2.75, 3.05) is 18.8 Å². The number of phenols is 1. The largest absolute Gasteiger partial charge is 0.507 e. The van der Waals surface area contributed by atoms with Gasteiger partial charge in [0, 0.05) is 12.5 Å². The molecule has 10 heteroatoms. The maximum Gasteiger partial charge on any atom is 0.416 e. The number of piperidine rings is 1. The first-order chi connectivity index (χ1) is 12.3. The second kappa shape index (κ2) is 7.98. The molecule has 144 valence electrons. The Kier molecular flexibility index (Phi) is 6.13. The van der Waals surface area contributed by atoms with Crippen LogP contribution in [0, 0.1) is 11.3 Å². The Balaban J connectivity index is 0.00000261. The van der Waals surface area contributed by atoms with Crippen LogP contribution in [0.3, 0.4) is 0 Å². The van der Waals surface area contributed by atoms with Gasteiger partial charge in [-0.25, -0.2) is 9.97 Å². The Morgan fingerprint density at radius 1 is 1.30 bits per heavy atom. The number of rotatable bonds is 2. The van der Waals surface area contributed by atoms with Crippen molar-refractivity contribution in [3.8, 4) is 23.2 Å². The van der Waals surface area contributed by atoms with Crippen LogP contribution in [0.4, 0.5) is 19.0 Å². The summed E-state index contributed by atoms with van der Waals surface area (Å²) in [4.78, 5) is 8.36. The fraction of sp³-hybridized carbons (Fsp3) is 0.353. The predicted octanol–water partition coefficient (Wildman–Crippen LogP) is 3.21. The molecule has 1 atom stereocenters. The van der Waals surface area contributed by atoms with Crippen LogP contribution in [0.25, 0.3) is 11.4 Å². The van der Waals surface area contributed by atoms with E-state index in [9.17, 15) is 23.5 Å². The van der Waals surface area contributed by atoms with Crippen LogP contribution in [0.5, 0.6) is 5.75 Å². The van der Waals surface area contributed by atoms with Crippen molar-refractivity contribution >= 4 is 18.2 Å². The van der Waals surface area contributed by atoms with E-state index in [1.807, 2.05) is 6.07 Å². The van der Waals surface area contributed by atoms with E-state index in [0.717, 1.165) is 31.5 Å². The predicted molar refractivity (Wildman–Crippen MR) is 95.4 cm³/mol. The SMILES string of the molecule is Cl.N#Cc1c(N)nc(-c2ccc(C(F)(F)F)cc2O)nc1C1CCCNC1. The highest BCUT2D eigenvalue weighted by Crippen LogP contribution is 2.37. The zero-order valence-electron chi connectivity index (χ0n) is 14.0. The summed E-state index contributed by atoms with van der Waals surface area (Å²) in [6.07, 6.45) is -2.86. The van der Waals surface area contributed by atoms with Gasteiger partial charge in [-0.2, -0.15) is 18.4 Å². The number of benzene rings is 1. The van der Waals surface area contributed by atoms with Crippen molar-refractivity contribution in [1.29, 1.82) is 5.26 Å². The number of halogens is 4. The highest BCUT2D eigenvalue weighted by molar-refractivity contribution is 5.85. The number of aromatic hydroxyl groups is 1. The number of nitrogens with zero attached hydrogens (tertiary/aromatic N) is 3. The molecule has 0 saturated carbocycles. The third kappa shape index (κ3) is 4.23. The summed E-state index contributed by atoms with van der Waals surface area (Å²) >= 11 is 0. The van der Waals surface area contributed by atoms with Crippen molar-refractivity contribution in [1.82, 2.24) is 15.3 Å². The molecule has 6 nitrogen and oxygen atoms in total. The molecule has 0 radical (unpaired) electrons.